The molecule has 0 aliphatic heterocycles. The summed E-state index contributed by atoms with van der Waals surface area (Å²) in [5.74, 6) is 1.03. The molecule has 19 heavy (non-hydrogen) atoms. The Bertz CT molecular complexity index is 369. The first-order chi connectivity index (χ1) is 9.13. The summed E-state index contributed by atoms with van der Waals surface area (Å²) in [4.78, 5) is 0. The quantitative estimate of drug-likeness (QED) is 0.677. The molecule has 108 valence electrons. The van der Waals surface area contributed by atoms with E-state index < -0.39 is 0 Å². The van der Waals surface area contributed by atoms with Crippen LogP contribution < -0.4 is 10.1 Å². The maximum absolute atomic E-state index is 13.3. The summed E-state index contributed by atoms with van der Waals surface area (Å²) < 4.78 is 18.9. The van der Waals surface area contributed by atoms with Gasteiger partial charge in [-0.15, -0.1) is 0 Å². The molecule has 0 fully saturated rings. The van der Waals surface area contributed by atoms with E-state index in [0.29, 0.717) is 19.1 Å². The molecular formula is C15H24FNO2. The maximum atomic E-state index is 13.3. The lowest BCUT2D eigenvalue weighted by atomic mass is 10.1. The Balaban J connectivity index is 2.53. The summed E-state index contributed by atoms with van der Waals surface area (Å²) in [7, 11) is 0. The van der Waals surface area contributed by atoms with Gasteiger partial charge in [0.25, 0.3) is 0 Å². The molecule has 2 N–H and O–H groups in total. The molecule has 0 saturated heterocycles. The Morgan fingerprint density at radius 1 is 1.32 bits per heavy atom. The van der Waals surface area contributed by atoms with E-state index in [1.807, 2.05) is 0 Å². The molecule has 0 unspecified atom stereocenters. The van der Waals surface area contributed by atoms with Gasteiger partial charge in [-0.1, -0.05) is 13.8 Å². The summed E-state index contributed by atoms with van der Waals surface area (Å²) >= 11 is 0. The Hall–Kier alpha value is -1.13. The van der Waals surface area contributed by atoms with Crippen LogP contribution in [0.2, 0.25) is 0 Å². The fourth-order valence-electron chi connectivity index (χ4n) is 1.72. The fourth-order valence-corrected chi connectivity index (χ4v) is 1.72. The van der Waals surface area contributed by atoms with E-state index in [2.05, 4.69) is 19.2 Å². The van der Waals surface area contributed by atoms with E-state index in [0.717, 1.165) is 30.7 Å². The van der Waals surface area contributed by atoms with Crippen molar-refractivity contribution in [2.45, 2.75) is 33.2 Å². The Labute approximate surface area is 114 Å². The third kappa shape index (κ3) is 6.55. The highest BCUT2D eigenvalue weighted by Crippen LogP contribution is 2.20. The van der Waals surface area contributed by atoms with Crippen LogP contribution in [0.3, 0.4) is 0 Å². The molecule has 0 amide bonds. The summed E-state index contributed by atoms with van der Waals surface area (Å²) in [5.41, 5.74) is 0.838. The highest BCUT2D eigenvalue weighted by molar-refractivity contribution is 5.33. The van der Waals surface area contributed by atoms with Gasteiger partial charge in [0.15, 0.2) is 0 Å². The van der Waals surface area contributed by atoms with Gasteiger partial charge in [0.05, 0.1) is 6.61 Å². The molecule has 0 heterocycles. The molecule has 3 nitrogen and oxygen atoms in total. The predicted octanol–water partition coefficient (Wildman–Crippen LogP) is 2.72. The lowest BCUT2D eigenvalue weighted by Crippen LogP contribution is -2.19. The number of halogens is 1. The lowest BCUT2D eigenvalue weighted by molar-refractivity contribution is 0.252. The zero-order valence-corrected chi connectivity index (χ0v) is 11.8. The molecular weight excluding hydrogens is 245 g/mol. The van der Waals surface area contributed by atoms with Crippen LogP contribution in [0.25, 0.3) is 0 Å². The molecule has 0 radical (unpaired) electrons. The number of unbranched alkanes of at least 4 members (excludes halogenated alkanes) is 1. The average molecular weight is 269 g/mol. The van der Waals surface area contributed by atoms with Gasteiger partial charge >= 0.3 is 0 Å². The standard InChI is InChI=1S/C15H24FNO2/c1-12(2)10-17-11-13-9-14(16)5-6-15(13)19-8-4-3-7-18/h5-6,9,12,17-18H,3-4,7-8,10-11H2,1-2H3. The van der Waals surface area contributed by atoms with E-state index in [-0.39, 0.29) is 12.4 Å². The first-order valence-corrected chi connectivity index (χ1v) is 6.86. The topological polar surface area (TPSA) is 41.5 Å². The van der Waals surface area contributed by atoms with Crippen molar-refractivity contribution in [3.8, 4) is 5.75 Å². The van der Waals surface area contributed by atoms with Crippen molar-refractivity contribution in [3.63, 3.8) is 0 Å². The average Bonchev–Trinajstić information content (AvgIpc) is 2.36. The second-order valence-corrected chi connectivity index (χ2v) is 5.06. The van der Waals surface area contributed by atoms with E-state index in [4.69, 9.17) is 9.84 Å². The highest BCUT2D eigenvalue weighted by atomic mass is 19.1. The number of aliphatic hydroxyl groups excluding tert-OH is 1. The second kappa shape index (κ2) is 8.88. The van der Waals surface area contributed by atoms with E-state index in [1.54, 1.807) is 6.07 Å². The van der Waals surface area contributed by atoms with E-state index in [9.17, 15) is 4.39 Å². The fraction of sp³-hybridized carbons (Fsp3) is 0.600. The molecule has 0 aliphatic rings. The lowest BCUT2D eigenvalue weighted by Gasteiger charge is -2.13. The van der Waals surface area contributed by atoms with Gasteiger partial charge in [0.2, 0.25) is 0 Å². The second-order valence-electron chi connectivity index (χ2n) is 5.06. The minimum atomic E-state index is -0.246. The monoisotopic (exact) mass is 269 g/mol. The normalized spacial score (nSPS) is 11.0. The van der Waals surface area contributed by atoms with Crippen LogP contribution >= 0.6 is 0 Å². The third-order valence-electron chi connectivity index (χ3n) is 2.70. The highest BCUT2D eigenvalue weighted by Gasteiger charge is 2.06. The minimum absolute atomic E-state index is 0.176. The summed E-state index contributed by atoms with van der Waals surface area (Å²) in [6, 6.07) is 4.59. The predicted molar refractivity (Wildman–Crippen MR) is 74.8 cm³/mol. The molecule has 0 bridgehead atoms. The zero-order valence-electron chi connectivity index (χ0n) is 11.8. The van der Waals surface area contributed by atoms with Crippen LogP contribution in [0.1, 0.15) is 32.3 Å². The van der Waals surface area contributed by atoms with Crippen molar-refractivity contribution in [2.75, 3.05) is 19.8 Å². The largest absolute Gasteiger partial charge is 0.493 e. The van der Waals surface area contributed by atoms with E-state index >= 15 is 0 Å². The number of rotatable bonds is 9. The van der Waals surface area contributed by atoms with Gasteiger partial charge in [-0.3, -0.25) is 0 Å². The van der Waals surface area contributed by atoms with Crippen molar-refractivity contribution in [1.82, 2.24) is 5.32 Å². The van der Waals surface area contributed by atoms with Gasteiger partial charge in [-0.05, 0) is 43.5 Å². The van der Waals surface area contributed by atoms with Crippen LogP contribution in [0, 0.1) is 11.7 Å². The summed E-state index contributed by atoms with van der Waals surface area (Å²) in [6.45, 7) is 6.47. The zero-order chi connectivity index (χ0) is 14.1. The number of benzene rings is 1. The molecule has 0 aromatic heterocycles. The van der Waals surface area contributed by atoms with Gasteiger partial charge in [-0.25, -0.2) is 4.39 Å². The van der Waals surface area contributed by atoms with Crippen LogP contribution in [0.4, 0.5) is 4.39 Å². The van der Waals surface area contributed by atoms with Gasteiger partial charge in [0.1, 0.15) is 11.6 Å². The first-order valence-electron chi connectivity index (χ1n) is 6.86. The number of ether oxygens (including phenoxy) is 1. The molecule has 1 aromatic rings. The SMILES string of the molecule is CC(C)CNCc1cc(F)ccc1OCCCCO. The van der Waals surface area contributed by atoms with Crippen LogP contribution in [-0.4, -0.2) is 24.9 Å². The van der Waals surface area contributed by atoms with Crippen molar-refractivity contribution < 1.29 is 14.2 Å². The number of hydrogen-bond acceptors (Lipinski definition) is 3. The van der Waals surface area contributed by atoms with Crippen molar-refractivity contribution in [2.24, 2.45) is 5.92 Å². The first kappa shape index (κ1) is 15.9. The maximum Gasteiger partial charge on any atom is 0.123 e. The molecule has 1 rings (SSSR count). The number of aliphatic hydroxyl groups is 1. The summed E-state index contributed by atoms with van der Waals surface area (Å²) in [6.07, 6.45) is 1.52. The minimum Gasteiger partial charge on any atom is -0.493 e. The van der Waals surface area contributed by atoms with Gasteiger partial charge < -0.3 is 15.2 Å². The van der Waals surface area contributed by atoms with E-state index in [1.165, 1.54) is 12.1 Å². The van der Waals surface area contributed by atoms with Crippen molar-refractivity contribution in [3.05, 3.63) is 29.6 Å². The van der Waals surface area contributed by atoms with Crippen LogP contribution in [0.15, 0.2) is 18.2 Å². The molecule has 0 aliphatic carbocycles. The summed E-state index contributed by atoms with van der Waals surface area (Å²) in [5, 5.41) is 12.0. The molecule has 0 saturated carbocycles. The smallest absolute Gasteiger partial charge is 0.123 e. The Kier molecular flexibility index (Phi) is 7.45. The molecule has 0 spiro atoms. The van der Waals surface area contributed by atoms with Crippen LogP contribution in [0.5, 0.6) is 5.75 Å². The van der Waals surface area contributed by atoms with Gasteiger partial charge in [0, 0.05) is 18.7 Å². The Morgan fingerprint density at radius 2 is 2.11 bits per heavy atom. The molecule has 4 heteroatoms. The molecule has 0 atom stereocenters. The number of nitrogens with one attached hydrogen (secondary N) is 1. The Morgan fingerprint density at radius 3 is 2.79 bits per heavy atom. The van der Waals surface area contributed by atoms with Crippen molar-refractivity contribution >= 4 is 0 Å². The molecule has 1 aromatic carbocycles. The third-order valence-corrected chi connectivity index (χ3v) is 2.70. The van der Waals surface area contributed by atoms with Crippen molar-refractivity contribution in [1.29, 1.82) is 0 Å². The van der Waals surface area contributed by atoms with Crippen LogP contribution in [-0.2, 0) is 6.54 Å². The van der Waals surface area contributed by atoms with Gasteiger partial charge in [-0.2, -0.15) is 0 Å². The number of hydrogen-bond donors (Lipinski definition) is 2.